The number of rotatable bonds is 9. The van der Waals surface area contributed by atoms with Gasteiger partial charge in [-0.3, -0.25) is 14.5 Å². The van der Waals surface area contributed by atoms with Gasteiger partial charge in [0.25, 0.3) is 11.1 Å². The quantitative estimate of drug-likeness (QED) is 0.139. The van der Waals surface area contributed by atoms with E-state index < -0.39 is 17.1 Å². The highest BCUT2D eigenvalue weighted by atomic mass is 127. The molecule has 0 spiro atoms. The molecule has 3 aromatic rings. The van der Waals surface area contributed by atoms with E-state index in [1.54, 1.807) is 12.1 Å². The zero-order valence-corrected chi connectivity index (χ0v) is 24.3. The van der Waals surface area contributed by atoms with Crippen LogP contribution in [0, 0.1) is 3.57 Å². The highest BCUT2D eigenvalue weighted by Gasteiger charge is 2.36. The van der Waals surface area contributed by atoms with E-state index in [2.05, 4.69) is 43.3 Å². The number of hydrogen-bond acceptors (Lipinski definition) is 8. The molecule has 8 nitrogen and oxygen atoms in total. The fraction of sp³-hybridized carbons (Fsp3) is 0.192. The highest BCUT2D eigenvalue weighted by Crippen LogP contribution is 2.38. The first-order chi connectivity index (χ1) is 17.8. The molecule has 0 unspecified atom stereocenters. The lowest BCUT2D eigenvalue weighted by molar-refractivity contribution is -0.123. The summed E-state index contributed by atoms with van der Waals surface area (Å²) in [5, 5.41) is -0.429. The van der Waals surface area contributed by atoms with Crippen LogP contribution in [-0.4, -0.2) is 35.7 Å². The molecular weight excluding hydrogens is 677 g/mol. The van der Waals surface area contributed by atoms with Crippen LogP contribution in [-0.2, 0) is 22.7 Å². The number of esters is 1. The van der Waals surface area contributed by atoms with E-state index in [4.69, 9.17) is 13.9 Å². The van der Waals surface area contributed by atoms with Crippen molar-refractivity contribution < 1.29 is 33.0 Å². The number of ether oxygens (including phenoxy) is 3. The number of benzene rings is 2. The summed E-state index contributed by atoms with van der Waals surface area (Å²) in [6.07, 6.45) is 1.65. The minimum Gasteiger partial charge on any atom is -0.490 e. The van der Waals surface area contributed by atoms with E-state index in [1.165, 1.54) is 19.2 Å². The minimum atomic E-state index is -0.635. The lowest BCUT2D eigenvalue weighted by atomic mass is 10.1. The van der Waals surface area contributed by atoms with Gasteiger partial charge in [0.15, 0.2) is 11.5 Å². The van der Waals surface area contributed by atoms with Gasteiger partial charge in [-0.15, -0.1) is 0 Å². The molecule has 1 aliphatic rings. The van der Waals surface area contributed by atoms with Crippen molar-refractivity contribution in [3.63, 3.8) is 0 Å². The molecule has 192 valence electrons. The van der Waals surface area contributed by atoms with Crippen molar-refractivity contribution in [1.82, 2.24) is 4.90 Å². The van der Waals surface area contributed by atoms with Gasteiger partial charge in [0.2, 0.25) is 5.76 Å². The molecule has 2 aromatic carbocycles. The van der Waals surface area contributed by atoms with Crippen LogP contribution in [0.5, 0.6) is 11.5 Å². The van der Waals surface area contributed by atoms with Crippen molar-refractivity contribution in [2.75, 3.05) is 13.7 Å². The third-order valence-corrected chi connectivity index (χ3v) is 7.40. The fourth-order valence-electron chi connectivity index (χ4n) is 3.43. The van der Waals surface area contributed by atoms with Crippen molar-refractivity contribution in [2.45, 2.75) is 20.1 Å². The fourth-order valence-corrected chi connectivity index (χ4v) is 5.31. The van der Waals surface area contributed by atoms with Crippen LogP contribution >= 0.6 is 50.3 Å². The Kier molecular flexibility index (Phi) is 8.98. The third-order valence-electron chi connectivity index (χ3n) is 5.16. The second-order valence-electron chi connectivity index (χ2n) is 7.70. The Hall–Kier alpha value is -2.77. The average Bonchev–Trinajstić information content (AvgIpc) is 3.45. The molecule has 0 saturated carbocycles. The maximum absolute atomic E-state index is 13.0. The van der Waals surface area contributed by atoms with E-state index in [0.717, 1.165) is 30.3 Å². The molecule has 0 atom stereocenters. The number of amides is 2. The normalized spacial score (nSPS) is 14.4. The monoisotopic (exact) mass is 697 g/mol. The molecular formula is C26H21BrINO7S. The number of hydrogen-bond donors (Lipinski definition) is 0. The predicted octanol–water partition coefficient (Wildman–Crippen LogP) is 6.65. The number of halogens is 2. The van der Waals surface area contributed by atoms with Gasteiger partial charge >= 0.3 is 5.97 Å². The van der Waals surface area contributed by atoms with Crippen LogP contribution in [0.25, 0.3) is 6.08 Å². The molecule has 1 saturated heterocycles. The molecule has 2 amide bonds. The molecule has 37 heavy (non-hydrogen) atoms. The number of imide groups is 1. The molecule has 1 fully saturated rings. The van der Waals surface area contributed by atoms with Crippen molar-refractivity contribution in [2.24, 2.45) is 0 Å². The number of carbonyl (C=O) groups excluding carboxylic acids is 3. The van der Waals surface area contributed by atoms with Gasteiger partial charge in [0, 0.05) is 4.47 Å². The summed E-state index contributed by atoms with van der Waals surface area (Å²) in [7, 11) is 1.24. The highest BCUT2D eigenvalue weighted by molar-refractivity contribution is 14.1. The van der Waals surface area contributed by atoms with Crippen molar-refractivity contribution in [1.29, 1.82) is 0 Å². The molecule has 0 aliphatic carbocycles. The maximum Gasteiger partial charge on any atom is 0.373 e. The van der Waals surface area contributed by atoms with Gasteiger partial charge in [0.05, 0.1) is 28.7 Å². The van der Waals surface area contributed by atoms with Crippen molar-refractivity contribution in [3.8, 4) is 11.5 Å². The summed E-state index contributed by atoms with van der Waals surface area (Å²) in [5.41, 5.74) is 1.70. The van der Waals surface area contributed by atoms with Crippen molar-refractivity contribution in [3.05, 3.63) is 84.1 Å². The summed E-state index contributed by atoms with van der Waals surface area (Å²) < 4.78 is 23.7. The number of carbonyl (C=O) groups is 3. The average molecular weight is 698 g/mol. The van der Waals surface area contributed by atoms with Crippen LogP contribution in [0.3, 0.4) is 0 Å². The summed E-state index contributed by atoms with van der Waals surface area (Å²) in [6, 6.07) is 14.5. The number of thioether (sulfide) groups is 1. The Morgan fingerprint density at radius 1 is 1.14 bits per heavy atom. The minimum absolute atomic E-state index is 0.000449. The molecule has 0 N–H and O–H groups in total. The molecule has 1 aromatic heterocycles. The van der Waals surface area contributed by atoms with Gasteiger partial charge < -0.3 is 18.6 Å². The second kappa shape index (κ2) is 12.2. The first-order valence-electron chi connectivity index (χ1n) is 11.0. The Morgan fingerprint density at radius 2 is 1.89 bits per heavy atom. The Labute approximate surface area is 239 Å². The number of furan rings is 1. The van der Waals surface area contributed by atoms with Crippen LogP contribution in [0.4, 0.5) is 4.79 Å². The zero-order valence-electron chi connectivity index (χ0n) is 19.8. The second-order valence-corrected chi connectivity index (χ2v) is 10.8. The van der Waals surface area contributed by atoms with Crippen LogP contribution < -0.4 is 9.47 Å². The van der Waals surface area contributed by atoms with Gasteiger partial charge in [-0.1, -0.05) is 28.1 Å². The van der Waals surface area contributed by atoms with E-state index in [1.807, 2.05) is 37.3 Å². The summed E-state index contributed by atoms with van der Waals surface area (Å²) in [4.78, 5) is 38.5. The van der Waals surface area contributed by atoms with Crippen molar-refractivity contribution >= 4 is 73.5 Å². The van der Waals surface area contributed by atoms with Crippen LogP contribution in [0.15, 0.2) is 62.3 Å². The standard InChI is InChI=1S/C26H21BrINO7S/c1-3-34-21-11-16(10-19(28)23(21)35-14-15-4-6-17(27)7-5-15)12-22-24(30)29(26(32)37-22)13-18-8-9-20(36-18)25(31)33-2/h4-12H,3,13-14H2,1-2H3/b22-12+. The third kappa shape index (κ3) is 6.57. The van der Waals surface area contributed by atoms with Gasteiger partial charge in [0.1, 0.15) is 12.4 Å². The molecule has 4 rings (SSSR count). The maximum atomic E-state index is 13.0. The first kappa shape index (κ1) is 27.3. The zero-order chi connectivity index (χ0) is 26.5. The lowest BCUT2D eigenvalue weighted by Crippen LogP contribution is -2.27. The number of nitrogens with zero attached hydrogens (tertiary/aromatic N) is 1. The first-order valence-corrected chi connectivity index (χ1v) is 13.7. The van der Waals surface area contributed by atoms with Gasteiger partial charge in [-0.05, 0) is 94.9 Å². The molecule has 11 heteroatoms. The van der Waals surface area contributed by atoms with Crippen LogP contribution in [0.2, 0.25) is 0 Å². The van der Waals surface area contributed by atoms with E-state index >= 15 is 0 Å². The molecule has 2 heterocycles. The number of methoxy groups -OCH3 is 1. The Balaban J connectivity index is 1.52. The van der Waals surface area contributed by atoms with Gasteiger partial charge in [-0.2, -0.15) is 0 Å². The molecule has 1 aliphatic heterocycles. The predicted molar refractivity (Wildman–Crippen MR) is 150 cm³/mol. The topological polar surface area (TPSA) is 95.3 Å². The summed E-state index contributed by atoms with van der Waals surface area (Å²) >= 11 is 6.43. The van der Waals surface area contributed by atoms with Gasteiger partial charge in [-0.25, -0.2) is 4.79 Å². The van der Waals surface area contributed by atoms with E-state index in [-0.39, 0.29) is 17.2 Å². The SMILES string of the molecule is CCOc1cc(/C=C2/SC(=O)N(Cc3ccc(C(=O)OC)o3)C2=O)cc(I)c1OCc1ccc(Br)cc1. The largest absolute Gasteiger partial charge is 0.490 e. The van der Waals surface area contributed by atoms with Crippen LogP contribution in [0.1, 0.15) is 34.4 Å². The Morgan fingerprint density at radius 3 is 2.59 bits per heavy atom. The lowest BCUT2D eigenvalue weighted by Gasteiger charge is -2.15. The summed E-state index contributed by atoms with van der Waals surface area (Å²) in [6.45, 7) is 2.58. The Bertz CT molecular complexity index is 1370. The van der Waals surface area contributed by atoms with E-state index in [0.29, 0.717) is 36.0 Å². The van der Waals surface area contributed by atoms with E-state index in [9.17, 15) is 14.4 Å². The smallest absolute Gasteiger partial charge is 0.373 e. The molecule has 0 bridgehead atoms. The summed E-state index contributed by atoms with van der Waals surface area (Å²) in [5.74, 6) is 0.362. The molecule has 0 radical (unpaired) electrons.